The van der Waals surface area contributed by atoms with Gasteiger partial charge in [0.1, 0.15) is 18.0 Å². The summed E-state index contributed by atoms with van der Waals surface area (Å²) in [6.07, 6.45) is 4.35. The zero-order valence-corrected chi connectivity index (χ0v) is 27.0. The zero-order chi connectivity index (χ0) is 31.6. The average Bonchev–Trinajstić information content (AvgIpc) is 3.00. The summed E-state index contributed by atoms with van der Waals surface area (Å²) < 4.78 is 70.4. The molecular weight excluding hydrogens is 610 g/mol. The third-order valence-corrected chi connectivity index (χ3v) is 11.9. The van der Waals surface area contributed by atoms with Gasteiger partial charge >= 0.3 is 0 Å². The van der Waals surface area contributed by atoms with E-state index in [1.165, 1.54) is 20.1 Å². The Bertz CT molecular complexity index is 1500. The second-order valence-corrected chi connectivity index (χ2v) is 14.9. The number of ether oxygens (including phenoxy) is 2. The van der Waals surface area contributed by atoms with Crippen molar-refractivity contribution in [3.05, 3.63) is 70.3 Å². The van der Waals surface area contributed by atoms with Gasteiger partial charge in [0, 0.05) is 36.7 Å². The van der Waals surface area contributed by atoms with Gasteiger partial charge in [0.2, 0.25) is 10.0 Å². The van der Waals surface area contributed by atoms with E-state index in [1.807, 2.05) is 18.2 Å². The third kappa shape index (κ3) is 6.63. The maximum atomic E-state index is 14.9. The molecule has 11 heteroatoms. The van der Waals surface area contributed by atoms with Crippen molar-refractivity contribution in [2.45, 2.75) is 76.3 Å². The summed E-state index contributed by atoms with van der Waals surface area (Å²) in [5.41, 5.74) is 1.13. The molecule has 0 saturated heterocycles. The van der Waals surface area contributed by atoms with Crippen LogP contribution in [0.15, 0.2) is 48.6 Å². The lowest BCUT2D eigenvalue weighted by Crippen LogP contribution is -2.54. The first kappa shape index (κ1) is 32.7. The molecule has 0 unspecified atom stereocenters. The summed E-state index contributed by atoms with van der Waals surface area (Å²) in [7, 11) is -2.74. The average molecular weight is 651 g/mol. The van der Waals surface area contributed by atoms with Gasteiger partial charge in [-0.2, -0.15) is 0 Å². The second-order valence-electron chi connectivity index (χ2n) is 12.4. The largest absolute Gasteiger partial charge is 0.487 e. The molecule has 5 rings (SSSR count). The Hall–Kier alpha value is -2.69. The maximum absolute atomic E-state index is 14.9. The number of fused-ring (bicyclic) bond motifs is 3. The van der Waals surface area contributed by atoms with Gasteiger partial charge in [0.05, 0.1) is 10.9 Å². The van der Waals surface area contributed by atoms with Crippen LogP contribution in [0.25, 0.3) is 0 Å². The van der Waals surface area contributed by atoms with Gasteiger partial charge in [-0.25, -0.2) is 21.9 Å². The molecular formula is C33H41ClF2N2O5S. The van der Waals surface area contributed by atoms with Crippen molar-refractivity contribution in [2.75, 3.05) is 25.1 Å². The van der Waals surface area contributed by atoms with E-state index >= 15 is 0 Å². The van der Waals surface area contributed by atoms with Crippen molar-refractivity contribution in [3.8, 4) is 5.75 Å². The fraction of sp³-hybridized carbons (Fsp3) is 0.545. The molecule has 3 aliphatic rings. The highest BCUT2D eigenvalue weighted by atomic mass is 35.5. The monoisotopic (exact) mass is 650 g/mol. The number of methoxy groups -OCH3 is 1. The van der Waals surface area contributed by atoms with Crippen molar-refractivity contribution >= 4 is 33.2 Å². The van der Waals surface area contributed by atoms with Gasteiger partial charge in [-0.3, -0.25) is 4.79 Å². The molecule has 1 N–H and O–H groups in total. The smallest absolute Gasteiger partial charge is 0.270 e. The maximum Gasteiger partial charge on any atom is 0.270 e. The fourth-order valence-electron chi connectivity index (χ4n) is 6.66. The number of sulfonamides is 1. The van der Waals surface area contributed by atoms with Crippen LogP contribution in [0, 0.1) is 17.8 Å². The predicted octanol–water partition coefficient (Wildman–Crippen LogP) is 6.78. The number of carbonyl (C=O) groups excluding carboxylic acids is 1. The number of nitrogens with zero attached hydrogens (tertiary/aromatic N) is 1. The van der Waals surface area contributed by atoms with Gasteiger partial charge in [-0.1, -0.05) is 36.7 Å². The minimum atomic E-state index is -4.06. The molecule has 5 atom stereocenters. The van der Waals surface area contributed by atoms with Crippen molar-refractivity contribution < 1.29 is 31.5 Å². The molecule has 2 aliphatic heterocycles. The summed E-state index contributed by atoms with van der Waals surface area (Å²) in [6, 6.07) is 10.6. The molecule has 0 aromatic heterocycles. The number of carbonyl (C=O) groups is 1. The molecule has 240 valence electrons. The van der Waals surface area contributed by atoms with E-state index < -0.39 is 45.0 Å². The Morgan fingerprint density at radius 3 is 2.61 bits per heavy atom. The fourth-order valence-corrected chi connectivity index (χ4v) is 8.14. The Kier molecular flexibility index (Phi) is 9.92. The number of rotatable bonds is 2. The van der Waals surface area contributed by atoms with E-state index in [2.05, 4.69) is 9.62 Å². The molecule has 0 radical (unpaired) electrons. The van der Waals surface area contributed by atoms with Crippen LogP contribution in [0.3, 0.4) is 0 Å². The van der Waals surface area contributed by atoms with Gasteiger partial charge in [-0.15, -0.1) is 0 Å². The highest BCUT2D eigenvalue weighted by molar-refractivity contribution is 7.90. The summed E-state index contributed by atoms with van der Waals surface area (Å²) in [5, 5.41) is -0.289. The number of allylic oxidation sites excluding steroid dienone is 1. The molecule has 2 aromatic carbocycles. The van der Waals surface area contributed by atoms with E-state index in [0.717, 1.165) is 36.8 Å². The van der Waals surface area contributed by atoms with Crippen LogP contribution in [-0.4, -0.2) is 51.8 Å². The Morgan fingerprint density at radius 1 is 1.11 bits per heavy atom. The Morgan fingerprint density at radius 2 is 1.91 bits per heavy atom. The minimum absolute atomic E-state index is 0.0929. The normalized spacial score (nSPS) is 30.1. The number of benzene rings is 2. The van der Waals surface area contributed by atoms with Crippen LogP contribution in [0.2, 0.25) is 5.02 Å². The van der Waals surface area contributed by atoms with E-state index in [9.17, 15) is 22.0 Å². The number of halogens is 3. The van der Waals surface area contributed by atoms with E-state index in [1.54, 1.807) is 31.2 Å². The Balaban J connectivity index is 1.59. The van der Waals surface area contributed by atoms with E-state index in [0.29, 0.717) is 36.0 Å². The highest BCUT2D eigenvalue weighted by Crippen LogP contribution is 2.48. The van der Waals surface area contributed by atoms with Crippen LogP contribution < -0.4 is 14.4 Å². The lowest BCUT2D eigenvalue weighted by Gasteiger charge is -2.49. The van der Waals surface area contributed by atoms with Crippen molar-refractivity contribution in [1.82, 2.24) is 4.72 Å². The number of anilines is 1. The van der Waals surface area contributed by atoms with Crippen LogP contribution in [0.5, 0.6) is 5.75 Å². The molecule has 1 amide bonds. The number of aryl methyl sites for hydroxylation is 1. The van der Waals surface area contributed by atoms with Crippen molar-refractivity contribution in [2.24, 2.45) is 17.8 Å². The van der Waals surface area contributed by atoms with Crippen LogP contribution in [0.1, 0.15) is 67.4 Å². The van der Waals surface area contributed by atoms with Crippen LogP contribution >= 0.6 is 11.6 Å². The number of hydrogen-bond acceptors (Lipinski definition) is 6. The predicted molar refractivity (Wildman–Crippen MR) is 168 cm³/mol. The van der Waals surface area contributed by atoms with Gasteiger partial charge in [-0.05, 0) is 98.7 Å². The van der Waals surface area contributed by atoms with E-state index in [-0.39, 0.29) is 24.5 Å². The first-order valence-corrected chi connectivity index (χ1v) is 17.2. The summed E-state index contributed by atoms with van der Waals surface area (Å²) in [6.45, 7) is 4.58. The van der Waals surface area contributed by atoms with Crippen molar-refractivity contribution in [1.29, 1.82) is 0 Å². The first-order chi connectivity index (χ1) is 20.9. The highest BCUT2D eigenvalue weighted by Gasteiger charge is 2.52. The van der Waals surface area contributed by atoms with Crippen molar-refractivity contribution in [3.63, 3.8) is 0 Å². The van der Waals surface area contributed by atoms with Gasteiger partial charge < -0.3 is 14.4 Å². The summed E-state index contributed by atoms with van der Waals surface area (Å²) in [5.74, 6) is -1.17. The molecule has 2 bridgehead atoms. The van der Waals surface area contributed by atoms with Gasteiger partial charge in [0.15, 0.2) is 0 Å². The molecule has 1 aliphatic carbocycles. The van der Waals surface area contributed by atoms with Crippen LogP contribution in [-0.2, 0) is 27.8 Å². The number of amides is 1. The SMILES string of the molecule is CO[C@]1(C(F)F)/C=C/C[C@H](C)[C@@H](C)S(=O)(=O)NC(=O)c2ccc3c(c2)N(CCCCc2cc(Cl)ccc2CO3)C[C@@H]2CC[C@H]21. The molecule has 1 saturated carbocycles. The molecule has 2 aromatic rings. The molecule has 44 heavy (non-hydrogen) atoms. The number of nitrogens with one attached hydrogen (secondary N) is 1. The number of alkyl halides is 2. The lowest BCUT2D eigenvalue weighted by molar-refractivity contribution is -0.156. The standard InChI is InChI=1S/C33H41ClF2N2O5S/c1-21-7-6-15-33(42-3,32(35)36)28-13-10-25(28)19-38-16-5-4-8-23-17-27(34)12-9-26(23)20-43-30-14-11-24(18-29(30)38)31(39)37-44(40,41)22(21)2/h6,9,11-12,14-15,17-18,21-22,25,28,32H,4-5,7-8,10,13,16,19-20H2,1-3H3,(H,37,39)/b15-6+/t21-,22+,25-,28+,33+/m0/s1. The van der Waals surface area contributed by atoms with Gasteiger partial charge in [0.25, 0.3) is 12.3 Å². The lowest BCUT2D eigenvalue weighted by atomic mass is 9.64. The molecule has 7 nitrogen and oxygen atoms in total. The summed E-state index contributed by atoms with van der Waals surface area (Å²) >= 11 is 6.29. The molecule has 0 spiro atoms. The summed E-state index contributed by atoms with van der Waals surface area (Å²) in [4.78, 5) is 15.4. The first-order valence-electron chi connectivity index (χ1n) is 15.3. The third-order valence-electron chi connectivity index (χ3n) is 9.80. The minimum Gasteiger partial charge on any atom is -0.487 e. The topological polar surface area (TPSA) is 84.9 Å². The number of hydrogen-bond donors (Lipinski definition) is 1. The van der Waals surface area contributed by atoms with Crippen LogP contribution in [0.4, 0.5) is 14.5 Å². The zero-order valence-electron chi connectivity index (χ0n) is 25.4. The molecule has 1 fully saturated rings. The Labute approximate surface area is 264 Å². The second kappa shape index (κ2) is 13.3. The molecule has 2 heterocycles. The quantitative estimate of drug-likeness (QED) is 0.361. The van der Waals surface area contributed by atoms with E-state index in [4.69, 9.17) is 21.1 Å².